The fraction of sp³-hybridized carbons (Fsp3) is 0.440. The standard InChI is InChI=1S/C25H32FN5O2/c1-18(2)29-13-15-30(16-14-29)23-8-5-20(25(33)31-11-9-27-10-12-31)17-22(23)28-24(32)19-3-6-21(26)7-4-19/h3-8,17-18,27H,9-16H2,1-2H3,(H,28,32). The van der Waals surface area contributed by atoms with Gasteiger partial charge in [-0.1, -0.05) is 0 Å². The Kier molecular flexibility index (Phi) is 7.25. The summed E-state index contributed by atoms with van der Waals surface area (Å²) in [5, 5.41) is 6.23. The first-order chi connectivity index (χ1) is 15.9. The summed E-state index contributed by atoms with van der Waals surface area (Å²) in [5.41, 5.74) is 2.41. The third-order valence-corrected chi connectivity index (χ3v) is 6.39. The van der Waals surface area contributed by atoms with E-state index in [1.807, 2.05) is 17.0 Å². The molecule has 33 heavy (non-hydrogen) atoms. The van der Waals surface area contributed by atoms with E-state index in [0.29, 0.717) is 35.9 Å². The fourth-order valence-corrected chi connectivity index (χ4v) is 4.37. The molecule has 4 rings (SSSR count). The van der Waals surface area contributed by atoms with Crippen LogP contribution in [0.25, 0.3) is 0 Å². The van der Waals surface area contributed by atoms with E-state index >= 15 is 0 Å². The number of halogens is 1. The second kappa shape index (κ2) is 10.3. The maximum Gasteiger partial charge on any atom is 0.255 e. The third kappa shape index (κ3) is 5.51. The lowest BCUT2D eigenvalue weighted by Crippen LogP contribution is -2.49. The van der Waals surface area contributed by atoms with E-state index in [1.54, 1.807) is 6.07 Å². The molecule has 2 aliphatic rings. The molecule has 2 aliphatic heterocycles. The first-order valence-corrected chi connectivity index (χ1v) is 11.6. The van der Waals surface area contributed by atoms with Crippen molar-refractivity contribution >= 4 is 23.2 Å². The number of carbonyl (C=O) groups is 2. The molecule has 2 N–H and O–H groups in total. The Balaban J connectivity index is 1.60. The van der Waals surface area contributed by atoms with Crippen LogP contribution in [0.15, 0.2) is 42.5 Å². The van der Waals surface area contributed by atoms with E-state index in [2.05, 4.69) is 34.3 Å². The summed E-state index contributed by atoms with van der Waals surface area (Å²) in [4.78, 5) is 32.5. The molecule has 176 valence electrons. The molecule has 0 aromatic heterocycles. The Bertz CT molecular complexity index is 981. The van der Waals surface area contributed by atoms with Crippen molar-refractivity contribution in [1.29, 1.82) is 0 Å². The SMILES string of the molecule is CC(C)N1CCN(c2ccc(C(=O)N3CCNCC3)cc2NC(=O)c2ccc(F)cc2)CC1. The molecule has 2 aromatic rings. The minimum absolute atomic E-state index is 0.0371. The summed E-state index contributed by atoms with van der Waals surface area (Å²) in [6.45, 7) is 10.8. The van der Waals surface area contributed by atoms with E-state index in [1.165, 1.54) is 24.3 Å². The topological polar surface area (TPSA) is 67.9 Å². The van der Waals surface area contributed by atoms with E-state index in [0.717, 1.165) is 45.0 Å². The molecule has 0 saturated carbocycles. The molecular weight excluding hydrogens is 421 g/mol. The molecule has 2 aromatic carbocycles. The number of nitrogens with zero attached hydrogens (tertiary/aromatic N) is 3. The second-order valence-electron chi connectivity index (χ2n) is 8.85. The smallest absolute Gasteiger partial charge is 0.255 e. The largest absolute Gasteiger partial charge is 0.367 e. The summed E-state index contributed by atoms with van der Waals surface area (Å²) in [6, 6.07) is 11.5. The van der Waals surface area contributed by atoms with Gasteiger partial charge in [-0.25, -0.2) is 4.39 Å². The molecule has 2 saturated heterocycles. The lowest BCUT2D eigenvalue weighted by Gasteiger charge is -2.39. The highest BCUT2D eigenvalue weighted by Crippen LogP contribution is 2.30. The number of benzene rings is 2. The van der Waals surface area contributed by atoms with Crippen molar-refractivity contribution in [2.45, 2.75) is 19.9 Å². The van der Waals surface area contributed by atoms with E-state index in [4.69, 9.17) is 0 Å². The van der Waals surface area contributed by atoms with Crippen LogP contribution < -0.4 is 15.5 Å². The van der Waals surface area contributed by atoms with Crippen molar-refractivity contribution in [3.8, 4) is 0 Å². The van der Waals surface area contributed by atoms with Gasteiger partial charge in [-0.3, -0.25) is 14.5 Å². The molecule has 0 atom stereocenters. The number of carbonyl (C=O) groups excluding carboxylic acids is 2. The Morgan fingerprint density at radius 3 is 2.18 bits per heavy atom. The normalized spacial score (nSPS) is 17.3. The Labute approximate surface area is 194 Å². The molecule has 0 unspecified atom stereocenters. The molecular formula is C25H32FN5O2. The summed E-state index contributed by atoms with van der Waals surface area (Å²) in [5.74, 6) is -0.757. The van der Waals surface area contributed by atoms with E-state index in [9.17, 15) is 14.0 Å². The monoisotopic (exact) mass is 453 g/mol. The van der Waals surface area contributed by atoms with Gasteiger partial charge < -0.3 is 20.4 Å². The zero-order valence-corrected chi connectivity index (χ0v) is 19.3. The van der Waals surface area contributed by atoms with Crippen LogP contribution in [0, 0.1) is 5.82 Å². The van der Waals surface area contributed by atoms with Crippen LogP contribution in [-0.2, 0) is 0 Å². The highest BCUT2D eigenvalue weighted by atomic mass is 19.1. The molecule has 0 spiro atoms. The first-order valence-electron chi connectivity index (χ1n) is 11.6. The highest BCUT2D eigenvalue weighted by Gasteiger charge is 2.24. The van der Waals surface area contributed by atoms with Crippen molar-refractivity contribution in [3.63, 3.8) is 0 Å². The molecule has 0 radical (unpaired) electrons. The number of amides is 2. The number of hydrogen-bond donors (Lipinski definition) is 2. The number of rotatable bonds is 5. The molecule has 0 bridgehead atoms. The Morgan fingerprint density at radius 1 is 0.909 bits per heavy atom. The van der Waals surface area contributed by atoms with Gasteiger partial charge in [0.1, 0.15) is 5.82 Å². The van der Waals surface area contributed by atoms with E-state index in [-0.39, 0.29) is 17.6 Å². The van der Waals surface area contributed by atoms with Gasteiger partial charge in [0.05, 0.1) is 11.4 Å². The number of nitrogens with one attached hydrogen (secondary N) is 2. The number of hydrogen-bond acceptors (Lipinski definition) is 5. The van der Waals surface area contributed by atoms with Crippen LogP contribution in [0.3, 0.4) is 0 Å². The second-order valence-corrected chi connectivity index (χ2v) is 8.85. The minimum Gasteiger partial charge on any atom is -0.367 e. The summed E-state index contributed by atoms with van der Waals surface area (Å²) in [7, 11) is 0. The first kappa shape index (κ1) is 23.2. The zero-order chi connectivity index (χ0) is 23.4. The van der Waals surface area contributed by atoms with Crippen LogP contribution in [0.4, 0.5) is 15.8 Å². The average Bonchev–Trinajstić information content (AvgIpc) is 2.84. The van der Waals surface area contributed by atoms with Crippen molar-refractivity contribution in [3.05, 3.63) is 59.4 Å². The lowest BCUT2D eigenvalue weighted by molar-refractivity contribution is 0.0735. The van der Waals surface area contributed by atoms with E-state index < -0.39 is 0 Å². The lowest BCUT2D eigenvalue weighted by atomic mass is 10.1. The van der Waals surface area contributed by atoms with Gasteiger partial charge in [-0.2, -0.15) is 0 Å². The summed E-state index contributed by atoms with van der Waals surface area (Å²) >= 11 is 0. The molecule has 2 fully saturated rings. The van der Waals surface area contributed by atoms with Crippen LogP contribution in [-0.4, -0.2) is 80.0 Å². The van der Waals surface area contributed by atoms with Crippen LogP contribution in [0.2, 0.25) is 0 Å². The number of piperazine rings is 2. The summed E-state index contributed by atoms with van der Waals surface area (Å²) < 4.78 is 13.3. The van der Waals surface area contributed by atoms with Crippen LogP contribution >= 0.6 is 0 Å². The molecule has 2 heterocycles. The predicted molar refractivity (Wildman–Crippen MR) is 128 cm³/mol. The maximum absolute atomic E-state index is 13.3. The predicted octanol–water partition coefficient (Wildman–Crippen LogP) is 2.65. The van der Waals surface area contributed by atoms with Gasteiger partial charge in [-0.15, -0.1) is 0 Å². The van der Waals surface area contributed by atoms with Crippen molar-refractivity contribution in [1.82, 2.24) is 15.1 Å². The van der Waals surface area contributed by atoms with Crippen molar-refractivity contribution < 1.29 is 14.0 Å². The quantitative estimate of drug-likeness (QED) is 0.729. The fourth-order valence-electron chi connectivity index (χ4n) is 4.37. The third-order valence-electron chi connectivity index (χ3n) is 6.39. The molecule has 7 nitrogen and oxygen atoms in total. The van der Waals surface area contributed by atoms with Crippen LogP contribution in [0.1, 0.15) is 34.6 Å². The highest BCUT2D eigenvalue weighted by molar-refractivity contribution is 6.07. The van der Waals surface area contributed by atoms with Gasteiger partial charge in [0.25, 0.3) is 11.8 Å². The van der Waals surface area contributed by atoms with Crippen molar-refractivity contribution in [2.24, 2.45) is 0 Å². The number of anilines is 2. The zero-order valence-electron chi connectivity index (χ0n) is 19.3. The van der Waals surface area contributed by atoms with Crippen molar-refractivity contribution in [2.75, 3.05) is 62.6 Å². The van der Waals surface area contributed by atoms with Gasteiger partial charge >= 0.3 is 0 Å². The molecule has 8 heteroatoms. The maximum atomic E-state index is 13.3. The van der Waals surface area contributed by atoms with Gasteiger partial charge in [0.15, 0.2) is 0 Å². The minimum atomic E-state index is -0.390. The summed E-state index contributed by atoms with van der Waals surface area (Å²) in [6.07, 6.45) is 0. The Hall–Kier alpha value is -2.97. The van der Waals surface area contributed by atoms with Gasteiger partial charge in [0.2, 0.25) is 0 Å². The molecule has 0 aliphatic carbocycles. The van der Waals surface area contributed by atoms with Crippen LogP contribution in [0.5, 0.6) is 0 Å². The van der Waals surface area contributed by atoms with Gasteiger partial charge in [0, 0.05) is 69.5 Å². The molecule has 2 amide bonds. The van der Waals surface area contributed by atoms with Gasteiger partial charge in [-0.05, 0) is 56.3 Å². The average molecular weight is 454 g/mol. The Morgan fingerprint density at radius 2 is 1.55 bits per heavy atom.